The number of carbonyl (C=O) groups is 1. The van der Waals surface area contributed by atoms with Crippen LogP contribution in [0, 0.1) is 0 Å². The number of hydrogen-bond donors (Lipinski definition) is 0. The molecule has 1 aromatic rings. The van der Waals surface area contributed by atoms with Gasteiger partial charge in [-0.1, -0.05) is 65.1 Å². The van der Waals surface area contributed by atoms with Crippen LogP contribution in [0.3, 0.4) is 0 Å². The van der Waals surface area contributed by atoms with E-state index in [1.807, 2.05) is 37.3 Å². The van der Waals surface area contributed by atoms with Crippen LogP contribution in [0.1, 0.15) is 18.6 Å². The molecule has 0 aliphatic carbocycles. The first-order valence-electron chi connectivity index (χ1n) is 6.55. The fourth-order valence-corrected chi connectivity index (χ4v) is 2.45. The number of carbonyl (C=O) groups excluding carboxylic acids is 1. The van der Waals surface area contributed by atoms with Crippen molar-refractivity contribution in [2.45, 2.75) is 22.9 Å². The first-order valence-corrected chi connectivity index (χ1v) is 7.68. The smallest absolute Gasteiger partial charge is 0.410 e. The second kappa shape index (κ2) is 7.05. The van der Waals surface area contributed by atoms with Gasteiger partial charge in [-0.15, -0.1) is 0 Å². The second-order valence-corrected chi connectivity index (χ2v) is 7.32. The molecule has 116 valence electrons. The largest absolute Gasteiger partial charge is 0.445 e. The number of benzene rings is 1. The summed E-state index contributed by atoms with van der Waals surface area (Å²) in [4.78, 5) is 13.7. The van der Waals surface area contributed by atoms with Crippen LogP contribution in [0.25, 0.3) is 0 Å². The van der Waals surface area contributed by atoms with Gasteiger partial charge in [-0.25, -0.2) is 4.79 Å². The van der Waals surface area contributed by atoms with Gasteiger partial charge in [0.05, 0.1) is 12.6 Å². The standard InChI is InChI=1S/C14H16Cl3NO3/c1-10-12(11-5-3-2-4-6-11)20-8-7-18(10)13(19)21-9-14(15,16)17/h2-6,10,12H,7-9H2,1H3. The lowest BCUT2D eigenvalue weighted by Gasteiger charge is -2.38. The Morgan fingerprint density at radius 1 is 1.38 bits per heavy atom. The van der Waals surface area contributed by atoms with E-state index in [1.165, 1.54) is 0 Å². The van der Waals surface area contributed by atoms with Gasteiger partial charge < -0.3 is 14.4 Å². The molecule has 0 N–H and O–H groups in total. The van der Waals surface area contributed by atoms with Crippen molar-refractivity contribution < 1.29 is 14.3 Å². The van der Waals surface area contributed by atoms with E-state index in [1.54, 1.807) is 4.90 Å². The lowest BCUT2D eigenvalue weighted by atomic mass is 10.0. The molecule has 4 nitrogen and oxygen atoms in total. The maximum absolute atomic E-state index is 12.1. The van der Waals surface area contributed by atoms with Gasteiger partial charge in [0.15, 0.2) is 0 Å². The molecule has 0 aromatic heterocycles. The predicted octanol–water partition coefficient (Wildman–Crippen LogP) is 3.96. The zero-order valence-corrected chi connectivity index (χ0v) is 13.7. The van der Waals surface area contributed by atoms with Crippen LogP contribution in [0.4, 0.5) is 4.79 Å². The minimum atomic E-state index is -1.61. The van der Waals surface area contributed by atoms with Crippen molar-refractivity contribution in [2.24, 2.45) is 0 Å². The highest BCUT2D eigenvalue weighted by atomic mass is 35.6. The lowest BCUT2D eigenvalue weighted by Crippen LogP contribution is -2.49. The summed E-state index contributed by atoms with van der Waals surface area (Å²) in [6, 6.07) is 9.58. The highest BCUT2D eigenvalue weighted by Gasteiger charge is 2.34. The van der Waals surface area contributed by atoms with Crippen LogP contribution < -0.4 is 0 Å². The van der Waals surface area contributed by atoms with Crippen LogP contribution in [-0.4, -0.2) is 40.6 Å². The topological polar surface area (TPSA) is 38.8 Å². The van der Waals surface area contributed by atoms with Crippen molar-refractivity contribution in [1.82, 2.24) is 4.90 Å². The zero-order chi connectivity index (χ0) is 15.5. The fraction of sp³-hybridized carbons (Fsp3) is 0.500. The number of ether oxygens (including phenoxy) is 2. The molecule has 1 amide bonds. The summed E-state index contributed by atoms with van der Waals surface area (Å²) in [6.07, 6.45) is -0.696. The number of morpholine rings is 1. The Morgan fingerprint density at radius 3 is 2.67 bits per heavy atom. The summed E-state index contributed by atoms with van der Waals surface area (Å²) in [5.74, 6) is 0. The highest BCUT2D eigenvalue weighted by molar-refractivity contribution is 6.67. The molecule has 21 heavy (non-hydrogen) atoms. The highest BCUT2D eigenvalue weighted by Crippen LogP contribution is 2.30. The molecular formula is C14H16Cl3NO3. The molecular weight excluding hydrogens is 337 g/mol. The first kappa shape index (κ1) is 16.7. The summed E-state index contributed by atoms with van der Waals surface area (Å²) >= 11 is 16.8. The van der Waals surface area contributed by atoms with E-state index >= 15 is 0 Å². The molecule has 1 aliphatic rings. The summed E-state index contributed by atoms with van der Waals surface area (Å²) in [6.45, 7) is 2.51. The zero-order valence-electron chi connectivity index (χ0n) is 11.5. The molecule has 2 unspecified atom stereocenters. The summed E-state index contributed by atoms with van der Waals surface area (Å²) < 4.78 is 9.20. The van der Waals surface area contributed by atoms with Crippen LogP contribution in [-0.2, 0) is 9.47 Å². The molecule has 1 aliphatic heterocycles. The third-order valence-corrected chi connectivity index (χ3v) is 3.61. The van der Waals surface area contributed by atoms with E-state index in [-0.39, 0.29) is 18.8 Å². The van der Waals surface area contributed by atoms with Gasteiger partial charge in [0, 0.05) is 6.54 Å². The van der Waals surface area contributed by atoms with Gasteiger partial charge in [0.1, 0.15) is 12.7 Å². The minimum Gasteiger partial charge on any atom is -0.445 e. The van der Waals surface area contributed by atoms with Gasteiger partial charge >= 0.3 is 6.09 Å². The Balaban J connectivity index is 2.02. The molecule has 0 saturated carbocycles. The summed E-state index contributed by atoms with van der Waals surface area (Å²) in [7, 11) is 0. The van der Waals surface area contributed by atoms with Crippen molar-refractivity contribution in [1.29, 1.82) is 0 Å². The van der Waals surface area contributed by atoms with E-state index in [2.05, 4.69) is 0 Å². The van der Waals surface area contributed by atoms with Crippen LogP contribution >= 0.6 is 34.8 Å². The molecule has 1 fully saturated rings. The Morgan fingerprint density at radius 2 is 2.05 bits per heavy atom. The third-order valence-electron chi connectivity index (χ3n) is 3.28. The molecule has 0 spiro atoms. The predicted molar refractivity (Wildman–Crippen MR) is 82.9 cm³/mol. The third kappa shape index (κ3) is 4.65. The maximum atomic E-state index is 12.1. The van der Waals surface area contributed by atoms with Gasteiger partial charge in [0.2, 0.25) is 3.79 Å². The van der Waals surface area contributed by atoms with Crippen molar-refractivity contribution in [3.05, 3.63) is 35.9 Å². The van der Waals surface area contributed by atoms with Crippen molar-refractivity contribution in [2.75, 3.05) is 19.8 Å². The number of halogens is 3. The molecule has 0 radical (unpaired) electrons. The molecule has 1 heterocycles. The molecule has 1 aromatic carbocycles. The van der Waals surface area contributed by atoms with E-state index < -0.39 is 9.89 Å². The minimum absolute atomic E-state index is 0.163. The normalized spacial score (nSPS) is 23.0. The monoisotopic (exact) mass is 351 g/mol. The number of hydrogen-bond acceptors (Lipinski definition) is 3. The number of nitrogens with zero attached hydrogens (tertiary/aromatic N) is 1. The van der Waals surface area contributed by atoms with E-state index in [4.69, 9.17) is 44.3 Å². The van der Waals surface area contributed by atoms with Crippen LogP contribution in [0.15, 0.2) is 30.3 Å². The molecule has 2 rings (SSSR count). The second-order valence-electron chi connectivity index (χ2n) is 4.81. The van der Waals surface area contributed by atoms with Crippen LogP contribution in [0.2, 0.25) is 0 Å². The van der Waals surface area contributed by atoms with Gasteiger partial charge in [-0.3, -0.25) is 0 Å². The Bertz CT molecular complexity index is 478. The van der Waals surface area contributed by atoms with Gasteiger partial charge in [0.25, 0.3) is 0 Å². The van der Waals surface area contributed by atoms with Crippen molar-refractivity contribution in [3.63, 3.8) is 0 Å². The van der Waals surface area contributed by atoms with Crippen molar-refractivity contribution >= 4 is 40.9 Å². The van der Waals surface area contributed by atoms with Gasteiger partial charge in [-0.05, 0) is 12.5 Å². The van der Waals surface area contributed by atoms with Crippen molar-refractivity contribution in [3.8, 4) is 0 Å². The van der Waals surface area contributed by atoms with Crippen LogP contribution in [0.5, 0.6) is 0 Å². The van der Waals surface area contributed by atoms with E-state index in [0.29, 0.717) is 13.2 Å². The van der Waals surface area contributed by atoms with E-state index in [0.717, 1.165) is 5.56 Å². The molecule has 2 atom stereocenters. The fourth-order valence-electron chi connectivity index (χ4n) is 2.29. The quantitative estimate of drug-likeness (QED) is 0.756. The Labute approximate surface area is 138 Å². The lowest BCUT2D eigenvalue weighted by molar-refractivity contribution is -0.0614. The van der Waals surface area contributed by atoms with E-state index in [9.17, 15) is 4.79 Å². The Kier molecular flexibility index (Phi) is 5.60. The maximum Gasteiger partial charge on any atom is 0.410 e. The molecule has 7 heteroatoms. The number of rotatable bonds is 2. The Hall–Kier alpha value is -0.680. The SMILES string of the molecule is CC1C(c2ccccc2)OCCN1C(=O)OCC(Cl)(Cl)Cl. The number of alkyl halides is 3. The molecule has 0 bridgehead atoms. The van der Waals surface area contributed by atoms with Gasteiger partial charge in [-0.2, -0.15) is 0 Å². The summed E-state index contributed by atoms with van der Waals surface area (Å²) in [5, 5.41) is 0. The first-order chi connectivity index (χ1) is 9.88. The average molecular weight is 353 g/mol. The molecule has 1 saturated heterocycles. The number of amides is 1. The summed E-state index contributed by atoms with van der Waals surface area (Å²) in [5.41, 5.74) is 1.02. The average Bonchev–Trinajstić information content (AvgIpc) is 2.45.